The Morgan fingerprint density at radius 2 is 2.23 bits per heavy atom. The summed E-state index contributed by atoms with van der Waals surface area (Å²) in [4.78, 5) is 10.2. The van der Waals surface area contributed by atoms with Crippen LogP contribution in [0.4, 0.5) is 5.69 Å². The van der Waals surface area contributed by atoms with Gasteiger partial charge in [-0.1, -0.05) is 19.1 Å². The molecule has 0 aromatic heterocycles. The predicted octanol–water partition coefficient (Wildman–Crippen LogP) is 1.65. The Balaban J connectivity index is 3.27. The van der Waals surface area contributed by atoms with Gasteiger partial charge in [0.2, 0.25) is 0 Å². The number of nitrogens with zero attached hydrogens (tertiary/aromatic N) is 1. The molecule has 1 rings (SSSR count). The summed E-state index contributed by atoms with van der Waals surface area (Å²) < 4.78 is 0. The topological polar surface area (TPSA) is 63.4 Å². The Morgan fingerprint density at radius 3 is 2.69 bits per heavy atom. The van der Waals surface area contributed by atoms with Gasteiger partial charge in [-0.05, 0) is 12.0 Å². The summed E-state index contributed by atoms with van der Waals surface area (Å²) >= 11 is 0. The SMILES string of the molecule is CCc1c(CO)cccc1[N+](=O)[O-]. The molecule has 0 aliphatic heterocycles. The van der Waals surface area contributed by atoms with Gasteiger partial charge >= 0.3 is 0 Å². The molecule has 0 unspecified atom stereocenters. The van der Waals surface area contributed by atoms with E-state index in [1.807, 2.05) is 6.92 Å². The van der Waals surface area contributed by atoms with Crippen molar-refractivity contribution in [1.29, 1.82) is 0 Å². The molecule has 13 heavy (non-hydrogen) atoms. The van der Waals surface area contributed by atoms with Crippen LogP contribution in [0.1, 0.15) is 18.1 Å². The lowest BCUT2D eigenvalue weighted by molar-refractivity contribution is -0.385. The van der Waals surface area contributed by atoms with Gasteiger partial charge in [-0.3, -0.25) is 10.1 Å². The zero-order chi connectivity index (χ0) is 9.84. The van der Waals surface area contributed by atoms with Crippen molar-refractivity contribution in [3.63, 3.8) is 0 Å². The lowest BCUT2D eigenvalue weighted by Crippen LogP contribution is -1.99. The lowest BCUT2D eigenvalue weighted by atomic mass is 10.0. The molecule has 1 aromatic rings. The zero-order valence-corrected chi connectivity index (χ0v) is 7.36. The van der Waals surface area contributed by atoms with E-state index < -0.39 is 4.92 Å². The maximum absolute atomic E-state index is 10.6. The zero-order valence-electron chi connectivity index (χ0n) is 7.36. The van der Waals surface area contributed by atoms with Gasteiger partial charge in [0.25, 0.3) is 5.69 Å². The number of aliphatic hydroxyl groups is 1. The Bertz CT molecular complexity index is 323. The third-order valence-electron chi connectivity index (χ3n) is 1.97. The van der Waals surface area contributed by atoms with Gasteiger partial charge in [0, 0.05) is 11.6 Å². The number of hydrogen-bond donors (Lipinski definition) is 1. The first kappa shape index (κ1) is 9.67. The smallest absolute Gasteiger partial charge is 0.272 e. The maximum atomic E-state index is 10.6. The van der Waals surface area contributed by atoms with Crippen LogP contribution in [0.2, 0.25) is 0 Å². The van der Waals surface area contributed by atoms with Gasteiger partial charge in [0.15, 0.2) is 0 Å². The molecule has 0 bridgehead atoms. The van der Waals surface area contributed by atoms with E-state index in [1.54, 1.807) is 12.1 Å². The largest absolute Gasteiger partial charge is 0.392 e. The Morgan fingerprint density at radius 1 is 1.54 bits per heavy atom. The molecule has 0 fully saturated rings. The highest BCUT2D eigenvalue weighted by atomic mass is 16.6. The van der Waals surface area contributed by atoms with Crippen LogP contribution in [0, 0.1) is 10.1 Å². The molecule has 0 spiro atoms. The van der Waals surface area contributed by atoms with Gasteiger partial charge in [-0.15, -0.1) is 0 Å². The van der Waals surface area contributed by atoms with Crippen molar-refractivity contribution in [2.24, 2.45) is 0 Å². The highest BCUT2D eigenvalue weighted by molar-refractivity contribution is 5.45. The third-order valence-corrected chi connectivity index (χ3v) is 1.97. The van der Waals surface area contributed by atoms with E-state index in [2.05, 4.69) is 0 Å². The Kier molecular flexibility index (Phi) is 2.97. The summed E-state index contributed by atoms with van der Waals surface area (Å²) in [6, 6.07) is 4.74. The van der Waals surface area contributed by atoms with E-state index in [0.29, 0.717) is 17.5 Å². The quantitative estimate of drug-likeness (QED) is 0.569. The van der Waals surface area contributed by atoms with Crippen LogP contribution in [-0.4, -0.2) is 10.0 Å². The van der Waals surface area contributed by atoms with E-state index in [0.717, 1.165) is 0 Å². The van der Waals surface area contributed by atoms with Gasteiger partial charge in [0.1, 0.15) is 0 Å². The third kappa shape index (κ3) is 1.84. The van der Waals surface area contributed by atoms with Crippen LogP contribution in [0.5, 0.6) is 0 Å². The first-order valence-corrected chi connectivity index (χ1v) is 4.06. The molecule has 1 aromatic carbocycles. The summed E-state index contributed by atoms with van der Waals surface area (Å²) in [5.74, 6) is 0. The van der Waals surface area contributed by atoms with Gasteiger partial charge in [-0.2, -0.15) is 0 Å². The molecule has 0 heterocycles. The Hall–Kier alpha value is -1.42. The standard InChI is InChI=1S/C9H11NO3/c1-2-8-7(6-11)4-3-5-9(8)10(12)13/h3-5,11H,2,6H2,1H3. The van der Waals surface area contributed by atoms with E-state index in [-0.39, 0.29) is 12.3 Å². The first-order valence-electron chi connectivity index (χ1n) is 4.06. The molecule has 0 saturated heterocycles. The number of nitro groups is 1. The van der Waals surface area contributed by atoms with Crippen molar-refractivity contribution in [3.8, 4) is 0 Å². The predicted molar refractivity (Wildman–Crippen MR) is 48.4 cm³/mol. The molecule has 0 amide bonds. The monoisotopic (exact) mass is 181 g/mol. The van der Waals surface area contributed by atoms with E-state index in [4.69, 9.17) is 5.11 Å². The molecule has 0 radical (unpaired) electrons. The average molecular weight is 181 g/mol. The highest BCUT2D eigenvalue weighted by Gasteiger charge is 2.14. The van der Waals surface area contributed by atoms with Crippen molar-refractivity contribution in [2.45, 2.75) is 20.0 Å². The molecular formula is C9H11NO3. The molecule has 0 saturated carbocycles. The number of nitro benzene ring substituents is 1. The first-order chi connectivity index (χ1) is 6.20. The number of aliphatic hydroxyl groups excluding tert-OH is 1. The second kappa shape index (κ2) is 4.00. The van der Waals surface area contributed by atoms with E-state index in [9.17, 15) is 10.1 Å². The molecule has 4 heteroatoms. The van der Waals surface area contributed by atoms with Gasteiger partial charge in [0.05, 0.1) is 11.5 Å². The van der Waals surface area contributed by atoms with Crippen LogP contribution >= 0.6 is 0 Å². The lowest BCUT2D eigenvalue weighted by Gasteiger charge is -2.04. The molecule has 70 valence electrons. The molecule has 4 nitrogen and oxygen atoms in total. The normalized spacial score (nSPS) is 10.0. The number of benzene rings is 1. The molecule has 0 atom stereocenters. The fraction of sp³-hybridized carbons (Fsp3) is 0.333. The minimum Gasteiger partial charge on any atom is -0.392 e. The van der Waals surface area contributed by atoms with Gasteiger partial charge < -0.3 is 5.11 Å². The van der Waals surface area contributed by atoms with Crippen molar-refractivity contribution >= 4 is 5.69 Å². The molecule has 0 aliphatic rings. The van der Waals surface area contributed by atoms with E-state index >= 15 is 0 Å². The number of rotatable bonds is 3. The minimum absolute atomic E-state index is 0.0917. The average Bonchev–Trinajstić information content (AvgIpc) is 2.16. The van der Waals surface area contributed by atoms with E-state index in [1.165, 1.54) is 6.07 Å². The summed E-state index contributed by atoms with van der Waals surface area (Å²) in [6.45, 7) is 1.69. The van der Waals surface area contributed by atoms with Crippen LogP contribution in [0.15, 0.2) is 18.2 Å². The van der Waals surface area contributed by atoms with Crippen molar-refractivity contribution in [1.82, 2.24) is 0 Å². The molecule has 0 aliphatic carbocycles. The van der Waals surface area contributed by atoms with Crippen molar-refractivity contribution < 1.29 is 10.0 Å². The van der Waals surface area contributed by atoms with Crippen LogP contribution in [0.3, 0.4) is 0 Å². The van der Waals surface area contributed by atoms with Crippen molar-refractivity contribution in [3.05, 3.63) is 39.4 Å². The van der Waals surface area contributed by atoms with Crippen LogP contribution < -0.4 is 0 Å². The summed E-state index contributed by atoms with van der Waals surface area (Å²) in [5, 5.41) is 19.5. The number of hydrogen-bond acceptors (Lipinski definition) is 3. The fourth-order valence-corrected chi connectivity index (χ4v) is 1.35. The molecular weight excluding hydrogens is 170 g/mol. The second-order valence-electron chi connectivity index (χ2n) is 2.68. The second-order valence-corrected chi connectivity index (χ2v) is 2.68. The Labute approximate surface area is 76.0 Å². The van der Waals surface area contributed by atoms with Crippen LogP contribution in [0.25, 0.3) is 0 Å². The van der Waals surface area contributed by atoms with Crippen LogP contribution in [-0.2, 0) is 13.0 Å². The fourth-order valence-electron chi connectivity index (χ4n) is 1.35. The summed E-state index contributed by atoms with van der Waals surface area (Å²) in [5.41, 5.74) is 1.35. The van der Waals surface area contributed by atoms with Crippen molar-refractivity contribution in [2.75, 3.05) is 0 Å². The maximum Gasteiger partial charge on any atom is 0.272 e. The molecule has 1 N–H and O–H groups in total. The highest BCUT2D eigenvalue weighted by Crippen LogP contribution is 2.22. The summed E-state index contributed by atoms with van der Waals surface area (Å²) in [6.07, 6.45) is 0.563. The summed E-state index contributed by atoms with van der Waals surface area (Å²) in [7, 11) is 0. The van der Waals surface area contributed by atoms with Gasteiger partial charge in [-0.25, -0.2) is 0 Å². The minimum atomic E-state index is -0.419.